The molecule has 10 aromatic carbocycles. The summed E-state index contributed by atoms with van der Waals surface area (Å²) in [5.74, 6) is 3.00. The molecule has 9 nitrogen and oxygen atoms in total. The quantitative estimate of drug-likeness (QED) is 0.127. The van der Waals surface area contributed by atoms with Crippen LogP contribution in [0.25, 0.3) is 22.3 Å². The van der Waals surface area contributed by atoms with Crippen LogP contribution in [0.1, 0.15) is 0 Å². The van der Waals surface area contributed by atoms with Gasteiger partial charge >= 0.3 is 23.0 Å². The van der Waals surface area contributed by atoms with Crippen molar-refractivity contribution in [1.29, 1.82) is 0 Å². The highest BCUT2D eigenvalue weighted by Gasteiger charge is 2.51. The zero-order valence-corrected chi connectivity index (χ0v) is 43.9. The monoisotopic (exact) mass is 1060 g/mol. The Kier molecular flexibility index (Phi) is 12.4. The maximum absolute atomic E-state index is 7.34. The zero-order chi connectivity index (χ0) is 49.4. The summed E-state index contributed by atoms with van der Waals surface area (Å²) in [6.45, 7) is 0. The number of fused-ring (bicyclic) bond motifs is 6. The lowest BCUT2D eigenvalue weighted by Gasteiger charge is -2.32. The first-order valence-corrected chi connectivity index (χ1v) is 31.2. The van der Waals surface area contributed by atoms with Crippen molar-refractivity contribution in [2.24, 2.45) is 13.5 Å². The van der Waals surface area contributed by atoms with Crippen LogP contribution in [0.2, 0.25) is 0 Å². The van der Waals surface area contributed by atoms with Crippen LogP contribution in [-0.4, -0.2) is 0 Å². The van der Waals surface area contributed by atoms with E-state index in [1.54, 1.807) is 0 Å². The normalized spacial score (nSPS) is 15.0. The van der Waals surface area contributed by atoms with E-state index in [0.717, 1.165) is 32.9 Å². The molecule has 0 atom stereocenters. The topological polar surface area (TPSA) is 92.5 Å². The molecule has 14 heteroatoms. The molecule has 0 amide bonds. The lowest BCUT2D eigenvalue weighted by molar-refractivity contribution is 0.448. The smallest absolute Gasteiger partial charge is 0.413 e. The molecule has 13 rings (SSSR count). The number of rotatable bonds is 10. The molecule has 0 aromatic heterocycles. The molecule has 0 radical (unpaired) electrons. The van der Waals surface area contributed by atoms with E-state index in [1.165, 1.54) is 21.2 Å². The molecule has 3 heterocycles. The molecule has 0 saturated carbocycles. The number of hydrogen-bond donors (Lipinski definition) is 0. The van der Waals surface area contributed by atoms with Crippen molar-refractivity contribution in [2.45, 2.75) is 0 Å². The average Bonchev–Trinajstić information content (AvgIpc) is 3.66. The fourth-order valence-electron chi connectivity index (χ4n) is 9.13. The highest BCUT2D eigenvalue weighted by molar-refractivity contribution is 7.80. The van der Waals surface area contributed by atoms with E-state index < -0.39 is 38.8 Å². The van der Waals surface area contributed by atoms with Gasteiger partial charge in [-0.1, -0.05) is 232 Å². The Morgan fingerprint density at radius 1 is 0.257 bits per heavy atom. The predicted molar refractivity (Wildman–Crippen MR) is 306 cm³/mol. The number of hydrogen-bond acceptors (Lipinski definition) is 9. The van der Waals surface area contributed by atoms with E-state index in [2.05, 4.69) is 121 Å². The summed E-state index contributed by atoms with van der Waals surface area (Å²) in [7, 11) is -14.0. The number of nitrogens with zero attached hydrogens (tertiary/aromatic N) is 3. The minimum Gasteiger partial charge on any atom is -0.413 e. The Hall–Kier alpha value is -7.45. The molecule has 0 saturated heterocycles. The fraction of sp³-hybridized carbons (Fsp3) is 0. The summed E-state index contributed by atoms with van der Waals surface area (Å²) in [4.78, 5) is 0. The van der Waals surface area contributed by atoms with Crippen molar-refractivity contribution in [2.75, 3.05) is 0 Å². The van der Waals surface area contributed by atoms with Crippen LogP contribution in [-0.2, 0) is 0 Å². The van der Waals surface area contributed by atoms with Crippen molar-refractivity contribution >= 4 is 70.6 Å². The van der Waals surface area contributed by atoms with Gasteiger partial charge in [-0.05, 0) is 96.2 Å². The van der Waals surface area contributed by atoms with Gasteiger partial charge in [0, 0.05) is 22.3 Å². The molecule has 3 aliphatic heterocycles. The minimum atomic E-state index is -4.13. The molecular weight excluding hydrogens is 1010 g/mol. The van der Waals surface area contributed by atoms with Gasteiger partial charge in [0.25, 0.3) is 0 Å². The Balaban J connectivity index is 1.02. The van der Waals surface area contributed by atoms with E-state index in [9.17, 15) is 0 Å². The van der Waals surface area contributed by atoms with Gasteiger partial charge in [0.1, 0.15) is 34.5 Å². The predicted octanol–water partition coefficient (Wildman–Crippen LogP) is 15.8. The van der Waals surface area contributed by atoms with Crippen LogP contribution >= 0.6 is 38.8 Å². The van der Waals surface area contributed by atoms with Gasteiger partial charge in [-0.2, -0.15) is 0 Å². The minimum absolute atomic E-state index is 0.461. The van der Waals surface area contributed by atoms with Crippen LogP contribution in [0.15, 0.2) is 280 Å². The molecule has 3 aliphatic rings. The second kappa shape index (κ2) is 19.8. The summed E-state index contributed by atoms with van der Waals surface area (Å²) >= 11 is 0. The van der Waals surface area contributed by atoms with Crippen LogP contribution in [0.3, 0.4) is 0 Å². The molecular formula is C60H44N3O6P5. The van der Waals surface area contributed by atoms with Crippen LogP contribution in [0.4, 0.5) is 0 Å². The van der Waals surface area contributed by atoms with E-state index in [4.69, 9.17) is 40.7 Å². The van der Waals surface area contributed by atoms with E-state index in [1.807, 2.05) is 146 Å². The molecule has 0 aliphatic carbocycles. The zero-order valence-electron chi connectivity index (χ0n) is 39.4. The fourth-order valence-corrected chi connectivity index (χ4v) is 22.8. The molecule has 10 aromatic rings. The first kappa shape index (κ1) is 46.3. The van der Waals surface area contributed by atoms with Crippen molar-refractivity contribution in [3.8, 4) is 56.8 Å². The Labute approximate surface area is 432 Å². The van der Waals surface area contributed by atoms with Gasteiger partial charge in [0.05, 0.1) is 0 Å². The molecule has 74 heavy (non-hydrogen) atoms. The largest absolute Gasteiger partial charge is 0.460 e. The van der Waals surface area contributed by atoms with Crippen molar-refractivity contribution in [1.82, 2.24) is 0 Å². The second-order valence-electron chi connectivity index (χ2n) is 17.3. The summed E-state index contributed by atoms with van der Waals surface area (Å²) in [5, 5.41) is 7.18. The van der Waals surface area contributed by atoms with E-state index in [0.29, 0.717) is 34.5 Å². The van der Waals surface area contributed by atoms with Gasteiger partial charge in [-0.15, -0.1) is 0 Å². The third-order valence-corrected chi connectivity index (χ3v) is 25.3. The molecule has 2 spiro atoms. The molecule has 360 valence electrons. The van der Waals surface area contributed by atoms with Crippen molar-refractivity contribution < 1.29 is 27.1 Å². The molecule has 0 N–H and O–H groups in total. The average molecular weight is 1060 g/mol. The van der Waals surface area contributed by atoms with Gasteiger partial charge in [-0.25, -0.2) is 0 Å². The Bertz CT molecular complexity index is 3440. The second-order valence-corrected chi connectivity index (χ2v) is 27.9. The first-order valence-electron chi connectivity index (χ1n) is 24.0. The van der Waals surface area contributed by atoms with Crippen LogP contribution in [0.5, 0.6) is 34.5 Å². The van der Waals surface area contributed by atoms with Gasteiger partial charge in [-0.3, -0.25) is 0 Å². The van der Waals surface area contributed by atoms with Crippen LogP contribution < -0.4 is 59.0 Å². The van der Waals surface area contributed by atoms with E-state index in [-0.39, 0.29) is 0 Å². The highest BCUT2D eigenvalue weighted by atomic mass is 31.3. The SMILES string of the molecule is c1ccc(P(c2ccccc2)c2ccc(OP3(Oc4ccc(P(c5ccccc5)c5ccccc5)cc4)=NP4(=NP5(=N3)Oc3ccccc3-c3ccccc3O5)Oc3ccccc3-c3ccccc3O4)cc2)cc1. The molecule has 0 fully saturated rings. The van der Waals surface area contributed by atoms with Gasteiger partial charge in [0.15, 0.2) is 0 Å². The lowest BCUT2D eigenvalue weighted by atomic mass is 10.0. The Morgan fingerprint density at radius 2 is 0.514 bits per heavy atom. The highest BCUT2D eigenvalue weighted by Crippen LogP contribution is 2.80. The van der Waals surface area contributed by atoms with Crippen molar-refractivity contribution in [3.05, 3.63) is 267 Å². The maximum Gasteiger partial charge on any atom is 0.460 e. The number of para-hydroxylation sites is 4. The maximum atomic E-state index is 7.34. The molecule has 0 unspecified atom stereocenters. The summed E-state index contributed by atoms with van der Waals surface area (Å²) in [6.07, 6.45) is 0. The standard InChI is InChI=1S/C60H44N3O6P5/c1-5-21-47(22-6-1)70(48-23-7-2-8-24-48)51-41-37-45(38-42-51)64-72(65-46-39-43-52(44-40-46)71(49-25-9-3-10-26-49)50-27-11-4-12-28-50)61-73(66-57-33-17-13-29-53(57)54-30-14-18-34-58(54)67-73)63-74(62-72)68-59-35-19-15-31-55(59)56-32-16-20-36-60(56)69-74/h1-44H. The third kappa shape index (κ3) is 9.18. The van der Waals surface area contributed by atoms with E-state index >= 15 is 0 Å². The summed E-state index contributed by atoms with van der Waals surface area (Å²) < 4.78 is 59.9. The first-order chi connectivity index (χ1) is 36.5. The van der Waals surface area contributed by atoms with Crippen molar-refractivity contribution in [3.63, 3.8) is 0 Å². The van der Waals surface area contributed by atoms with Gasteiger partial charge in [0.2, 0.25) is 0 Å². The van der Waals surface area contributed by atoms with Crippen LogP contribution in [0, 0.1) is 0 Å². The van der Waals surface area contributed by atoms with Gasteiger partial charge < -0.3 is 27.1 Å². The Morgan fingerprint density at radius 3 is 0.824 bits per heavy atom. The third-order valence-electron chi connectivity index (χ3n) is 12.4. The summed E-state index contributed by atoms with van der Waals surface area (Å²) in [5.41, 5.74) is 3.27. The molecule has 0 bridgehead atoms. The summed E-state index contributed by atoms with van der Waals surface area (Å²) in [6, 6.07) is 89.9. The lowest BCUT2D eigenvalue weighted by Crippen LogP contribution is -2.20. The number of benzene rings is 10.